The number of rotatable bonds is 7. The Kier molecular flexibility index (Phi) is 7.61. The summed E-state index contributed by atoms with van der Waals surface area (Å²) in [7, 11) is -3.56. The zero-order chi connectivity index (χ0) is 22.6. The van der Waals surface area contributed by atoms with E-state index in [1.165, 1.54) is 29.6 Å². The number of sulfone groups is 1. The lowest BCUT2D eigenvalue weighted by atomic mass is 10.2. The number of nitrogens with one attached hydrogen (secondary N) is 1. The van der Waals surface area contributed by atoms with E-state index in [-0.39, 0.29) is 40.6 Å². The summed E-state index contributed by atoms with van der Waals surface area (Å²) in [5, 5.41) is 2.73. The lowest BCUT2D eigenvalue weighted by molar-refractivity contribution is -0.117. The third-order valence-corrected chi connectivity index (χ3v) is 9.52. The van der Waals surface area contributed by atoms with Crippen molar-refractivity contribution in [3.63, 3.8) is 0 Å². The van der Waals surface area contributed by atoms with Gasteiger partial charge in [-0.15, -0.1) is 0 Å². The van der Waals surface area contributed by atoms with Crippen LogP contribution >= 0.6 is 0 Å². The van der Waals surface area contributed by atoms with E-state index in [2.05, 4.69) is 5.32 Å². The van der Waals surface area contributed by atoms with Crippen molar-refractivity contribution in [2.24, 2.45) is 0 Å². The lowest BCUT2D eigenvalue weighted by Gasteiger charge is -2.23. The average Bonchev–Trinajstić information content (AvgIpc) is 2.91. The minimum atomic E-state index is -3.67. The number of carbonyl (C=O) groups excluding carboxylic acids is 1. The van der Waals surface area contributed by atoms with Crippen LogP contribution in [-0.4, -0.2) is 83.3 Å². The molecule has 0 aliphatic carbocycles. The molecule has 1 N–H and O–H groups in total. The van der Waals surface area contributed by atoms with E-state index in [4.69, 9.17) is 4.74 Å². The number of nitrogens with zero attached hydrogens (tertiary/aromatic N) is 2. The van der Waals surface area contributed by atoms with Gasteiger partial charge in [-0.3, -0.25) is 9.69 Å². The van der Waals surface area contributed by atoms with Crippen molar-refractivity contribution in [1.29, 1.82) is 0 Å². The summed E-state index contributed by atoms with van der Waals surface area (Å²) < 4.78 is 56.4. The molecular formula is C20H31N3O6S2. The molecule has 31 heavy (non-hydrogen) atoms. The van der Waals surface area contributed by atoms with Crippen molar-refractivity contribution in [1.82, 2.24) is 9.21 Å². The largest absolute Gasteiger partial charge is 0.495 e. The van der Waals surface area contributed by atoms with Crippen LogP contribution in [0.2, 0.25) is 0 Å². The van der Waals surface area contributed by atoms with Gasteiger partial charge in [-0.1, -0.05) is 12.8 Å². The van der Waals surface area contributed by atoms with Gasteiger partial charge in [-0.2, -0.15) is 4.31 Å². The van der Waals surface area contributed by atoms with E-state index in [0.717, 1.165) is 25.7 Å². The van der Waals surface area contributed by atoms with Crippen molar-refractivity contribution < 1.29 is 26.4 Å². The van der Waals surface area contributed by atoms with E-state index >= 15 is 0 Å². The van der Waals surface area contributed by atoms with Crippen LogP contribution in [0.25, 0.3) is 0 Å². The SMILES string of the molecule is COc1ccc(S(=O)(=O)N2CCCCCC2)cc1NC(=O)CN(C)[C@H]1CCS(=O)(=O)C1. The number of hydrogen-bond acceptors (Lipinski definition) is 7. The lowest BCUT2D eigenvalue weighted by Crippen LogP contribution is -2.38. The molecule has 9 nitrogen and oxygen atoms in total. The molecule has 0 saturated carbocycles. The highest BCUT2D eigenvalue weighted by Crippen LogP contribution is 2.30. The molecule has 1 amide bonds. The maximum absolute atomic E-state index is 13.1. The molecule has 0 aromatic heterocycles. The van der Waals surface area contributed by atoms with Crippen LogP contribution in [0.15, 0.2) is 23.1 Å². The number of carbonyl (C=O) groups is 1. The topological polar surface area (TPSA) is 113 Å². The Hall–Kier alpha value is -1.69. The maximum atomic E-state index is 13.1. The van der Waals surface area contributed by atoms with Gasteiger partial charge in [0.15, 0.2) is 9.84 Å². The van der Waals surface area contributed by atoms with Crippen LogP contribution in [-0.2, 0) is 24.7 Å². The number of sulfonamides is 1. The first kappa shape index (κ1) is 24.0. The fraction of sp³-hybridized carbons (Fsp3) is 0.650. The predicted molar refractivity (Wildman–Crippen MR) is 119 cm³/mol. The van der Waals surface area contributed by atoms with Gasteiger partial charge >= 0.3 is 0 Å². The van der Waals surface area contributed by atoms with Crippen LogP contribution in [0.4, 0.5) is 5.69 Å². The number of methoxy groups -OCH3 is 1. The normalized spacial score (nSPS) is 22.2. The first-order valence-electron chi connectivity index (χ1n) is 10.5. The van der Waals surface area contributed by atoms with E-state index in [9.17, 15) is 21.6 Å². The Morgan fingerprint density at radius 3 is 2.48 bits per heavy atom. The van der Waals surface area contributed by atoms with E-state index in [1.807, 2.05) is 0 Å². The molecule has 1 aromatic carbocycles. The summed E-state index contributed by atoms with van der Waals surface area (Å²) in [6.45, 7) is 0.975. The van der Waals surface area contributed by atoms with Crippen LogP contribution in [0.1, 0.15) is 32.1 Å². The molecular weight excluding hydrogens is 442 g/mol. The summed E-state index contributed by atoms with van der Waals surface area (Å²) in [5.74, 6) is 0.168. The highest BCUT2D eigenvalue weighted by molar-refractivity contribution is 7.91. The molecule has 0 bridgehead atoms. The molecule has 1 atom stereocenters. The summed E-state index contributed by atoms with van der Waals surface area (Å²) in [6, 6.07) is 4.25. The third kappa shape index (κ3) is 5.97. The maximum Gasteiger partial charge on any atom is 0.243 e. The van der Waals surface area contributed by atoms with Crippen molar-refractivity contribution >= 4 is 31.5 Å². The predicted octanol–water partition coefficient (Wildman–Crippen LogP) is 1.32. The zero-order valence-corrected chi connectivity index (χ0v) is 19.7. The van der Waals surface area contributed by atoms with E-state index in [1.54, 1.807) is 11.9 Å². The summed E-state index contributed by atoms with van der Waals surface area (Å²) >= 11 is 0. The Morgan fingerprint density at radius 1 is 1.23 bits per heavy atom. The second-order valence-electron chi connectivity index (χ2n) is 8.20. The molecule has 174 valence electrons. The minimum absolute atomic E-state index is 0.00750. The molecule has 11 heteroatoms. The molecule has 0 radical (unpaired) electrons. The van der Waals surface area contributed by atoms with Gasteiger partial charge in [0.1, 0.15) is 5.75 Å². The smallest absolute Gasteiger partial charge is 0.243 e. The van der Waals surface area contributed by atoms with Crippen molar-refractivity contribution in [2.45, 2.75) is 43.0 Å². The molecule has 1 aromatic rings. The Labute approximate surface area is 184 Å². The second-order valence-corrected chi connectivity index (χ2v) is 12.4. The quantitative estimate of drug-likeness (QED) is 0.635. The molecule has 2 saturated heterocycles. The molecule has 2 aliphatic rings. The highest BCUT2D eigenvalue weighted by atomic mass is 32.2. The van der Waals surface area contributed by atoms with Gasteiger partial charge in [0.25, 0.3) is 0 Å². The van der Waals surface area contributed by atoms with Crippen LogP contribution in [0.5, 0.6) is 5.75 Å². The van der Waals surface area contributed by atoms with E-state index < -0.39 is 19.9 Å². The Balaban J connectivity index is 1.73. The molecule has 2 heterocycles. The average molecular weight is 474 g/mol. The first-order chi connectivity index (χ1) is 14.6. The molecule has 0 unspecified atom stereocenters. The number of anilines is 1. The monoisotopic (exact) mass is 473 g/mol. The first-order valence-corrected chi connectivity index (χ1v) is 13.8. The molecule has 3 rings (SSSR count). The number of amides is 1. The summed E-state index contributed by atoms with van der Waals surface area (Å²) in [6.07, 6.45) is 4.21. The zero-order valence-electron chi connectivity index (χ0n) is 18.0. The van der Waals surface area contributed by atoms with Gasteiger partial charge in [-0.25, -0.2) is 16.8 Å². The standard InChI is InChI=1S/C20H31N3O6S2/c1-22(16-9-12-30(25,26)15-16)14-20(24)21-18-13-17(7-8-19(18)29-2)31(27,28)23-10-5-3-4-6-11-23/h7-8,13,16H,3-6,9-12,14-15H2,1-2H3,(H,21,24)/t16-/m0/s1. The van der Waals surface area contributed by atoms with Crippen LogP contribution < -0.4 is 10.1 Å². The number of ether oxygens (including phenoxy) is 1. The summed E-state index contributed by atoms with van der Waals surface area (Å²) in [5.41, 5.74) is 0.274. The number of benzene rings is 1. The fourth-order valence-electron chi connectivity index (χ4n) is 4.04. The number of likely N-dealkylation sites (N-methyl/N-ethyl adjacent to an activating group) is 1. The van der Waals surface area contributed by atoms with Gasteiger partial charge in [0, 0.05) is 19.1 Å². The fourth-order valence-corrected chi connectivity index (χ4v) is 7.39. The second kappa shape index (κ2) is 9.85. The van der Waals surface area contributed by atoms with Gasteiger partial charge < -0.3 is 10.1 Å². The van der Waals surface area contributed by atoms with Crippen LogP contribution in [0, 0.1) is 0 Å². The van der Waals surface area contributed by atoms with Crippen molar-refractivity contribution in [3.05, 3.63) is 18.2 Å². The van der Waals surface area contributed by atoms with Crippen molar-refractivity contribution in [2.75, 3.05) is 50.6 Å². The van der Waals surface area contributed by atoms with Crippen molar-refractivity contribution in [3.8, 4) is 5.75 Å². The number of hydrogen-bond donors (Lipinski definition) is 1. The molecule has 2 aliphatic heterocycles. The highest BCUT2D eigenvalue weighted by Gasteiger charge is 2.31. The Bertz CT molecular complexity index is 1000. The third-order valence-electron chi connectivity index (χ3n) is 5.87. The van der Waals surface area contributed by atoms with Gasteiger partial charge in [0.05, 0.1) is 35.7 Å². The van der Waals surface area contributed by atoms with Gasteiger partial charge in [-0.05, 0) is 44.5 Å². The summed E-state index contributed by atoms with van der Waals surface area (Å²) in [4.78, 5) is 14.4. The van der Waals surface area contributed by atoms with E-state index in [0.29, 0.717) is 25.3 Å². The van der Waals surface area contributed by atoms with Gasteiger partial charge in [0.2, 0.25) is 15.9 Å². The molecule has 2 fully saturated rings. The minimum Gasteiger partial charge on any atom is -0.495 e. The molecule has 0 spiro atoms. The van der Waals surface area contributed by atoms with Crippen LogP contribution in [0.3, 0.4) is 0 Å². The Morgan fingerprint density at radius 2 is 1.90 bits per heavy atom.